The lowest BCUT2D eigenvalue weighted by Crippen LogP contribution is -2.37. The molecule has 0 fully saturated rings. The Labute approximate surface area is 203 Å². The van der Waals surface area contributed by atoms with Gasteiger partial charge in [0, 0.05) is 35.7 Å². The van der Waals surface area contributed by atoms with Crippen LogP contribution in [0.3, 0.4) is 0 Å². The minimum Gasteiger partial charge on any atom is -0.507 e. The van der Waals surface area contributed by atoms with E-state index in [1.165, 1.54) is 6.07 Å². The topological polar surface area (TPSA) is 109 Å². The maximum Gasteiger partial charge on any atom is 0.311 e. The molecule has 0 saturated carbocycles. The number of ether oxygens (including phenoxy) is 1. The van der Waals surface area contributed by atoms with Crippen molar-refractivity contribution in [2.45, 2.75) is 46.1 Å². The Kier molecular flexibility index (Phi) is 7.58. The highest BCUT2D eigenvalue weighted by Gasteiger charge is 2.34. The molecule has 8 heteroatoms. The van der Waals surface area contributed by atoms with E-state index in [1.807, 2.05) is 6.92 Å². The van der Waals surface area contributed by atoms with Gasteiger partial charge in [0.1, 0.15) is 34.3 Å². The molecule has 1 aromatic heterocycles. The van der Waals surface area contributed by atoms with Gasteiger partial charge in [-0.1, -0.05) is 30.7 Å². The Hall–Kier alpha value is -3.03. The molecule has 0 amide bonds. The van der Waals surface area contributed by atoms with Crippen molar-refractivity contribution >= 4 is 28.5 Å². The van der Waals surface area contributed by atoms with Crippen LogP contribution >= 0.6 is 11.6 Å². The Morgan fingerprint density at radius 1 is 1.18 bits per heavy atom. The number of phenolic OH excluding ortho intramolecular Hbond substituents is 2. The van der Waals surface area contributed by atoms with E-state index in [4.69, 9.17) is 20.8 Å². The minimum absolute atomic E-state index is 0.0275. The van der Waals surface area contributed by atoms with Gasteiger partial charge < -0.3 is 24.7 Å². The molecule has 0 aliphatic rings. The van der Waals surface area contributed by atoms with Crippen LogP contribution in [-0.4, -0.2) is 35.9 Å². The Morgan fingerprint density at radius 2 is 1.85 bits per heavy atom. The van der Waals surface area contributed by atoms with E-state index in [0.29, 0.717) is 23.6 Å². The standard InChI is InChI=1S/C26H30ClNO6/c1-6-14(21(13-28-5)34-25(32)26(2,3)4)22-17(29)11-18(30)23-19(31)12-20(33-24(22)23)15-9-7-8-10-16(15)27/h7-12,14,21,28-30H,6,13H2,1-5H3. The summed E-state index contributed by atoms with van der Waals surface area (Å²) in [6.45, 7) is 7.46. The van der Waals surface area contributed by atoms with Crippen molar-refractivity contribution in [2.24, 2.45) is 5.41 Å². The third kappa shape index (κ3) is 5.05. The zero-order valence-electron chi connectivity index (χ0n) is 19.9. The van der Waals surface area contributed by atoms with Crippen molar-refractivity contribution < 1.29 is 24.2 Å². The van der Waals surface area contributed by atoms with Crippen molar-refractivity contribution in [1.82, 2.24) is 5.32 Å². The molecular formula is C26H30ClNO6. The quantitative estimate of drug-likeness (QED) is 0.393. The van der Waals surface area contributed by atoms with Gasteiger partial charge in [-0.15, -0.1) is 0 Å². The number of phenols is 2. The van der Waals surface area contributed by atoms with Gasteiger partial charge in [0.2, 0.25) is 0 Å². The fraction of sp³-hybridized carbons (Fsp3) is 0.385. The molecule has 0 radical (unpaired) electrons. The van der Waals surface area contributed by atoms with Crippen LogP contribution in [0.1, 0.15) is 45.6 Å². The molecule has 7 nitrogen and oxygen atoms in total. The zero-order chi connectivity index (χ0) is 25.2. The molecular weight excluding hydrogens is 458 g/mol. The molecule has 34 heavy (non-hydrogen) atoms. The number of benzene rings is 2. The summed E-state index contributed by atoms with van der Waals surface area (Å²) in [7, 11) is 1.73. The largest absolute Gasteiger partial charge is 0.507 e. The molecule has 3 rings (SSSR count). The lowest BCUT2D eigenvalue weighted by molar-refractivity contribution is -0.159. The highest BCUT2D eigenvalue weighted by atomic mass is 35.5. The number of hydrogen-bond acceptors (Lipinski definition) is 7. The Bertz CT molecular complexity index is 1260. The average molecular weight is 488 g/mol. The van der Waals surface area contributed by atoms with Gasteiger partial charge in [0.05, 0.1) is 10.4 Å². The van der Waals surface area contributed by atoms with E-state index in [9.17, 15) is 19.8 Å². The molecule has 3 aromatic rings. The van der Waals surface area contributed by atoms with Gasteiger partial charge in [0.25, 0.3) is 0 Å². The third-order valence-corrected chi connectivity index (χ3v) is 6.00. The van der Waals surface area contributed by atoms with Gasteiger partial charge in [-0.25, -0.2) is 0 Å². The molecule has 1 heterocycles. The monoisotopic (exact) mass is 487 g/mol. The molecule has 2 unspecified atom stereocenters. The van der Waals surface area contributed by atoms with Crippen LogP contribution in [-0.2, 0) is 9.53 Å². The Morgan fingerprint density at radius 3 is 2.44 bits per heavy atom. The third-order valence-electron chi connectivity index (χ3n) is 5.67. The smallest absolute Gasteiger partial charge is 0.311 e. The number of esters is 1. The van der Waals surface area contributed by atoms with Crippen LogP contribution in [0.15, 0.2) is 45.6 Å². The molecule has 0 aliphatic heterocycles. The maximum absolute atomic E-state index is 13.0. The number of halogens is 1. The zero-order valence-corrected chi connectivity index (χ0v) is 20.7. The number of carbonyl (C=O) groups excluding carboxylic acids is 1. The normalized spacial score (nSPS) is 13.6. The van der Waals surface area contributed by atoms with Crippen molar-refractivity contribution in [3.05, 3.63) is 57.2 Å². The number of fused-ring (bicyclic) bond motifs is 1. The first-order valence-corrected chi connectivity index (χ1v) is 11.5. The summed E-state index contributed by atoms with van der Waals surface area (Å²) in [5.74, 6) is -1.40. The van der Waals surface area contributed by atoms with Crippen LogP contribution in [0.2, 0.25) is 5.02 Å². The van der Waals surface area contributed by atoms with Gasteiger partial charge in [0.15, 0.2) is 5.43 Å². The number of aromatic hydroxyl groups is 2. The van der Waals surface area contributed by atoms with Crippen LogP contribution in [0.25, 0.3) is 22.3 Å². The molecule has 3 N–H and O–H groups in total. The van der Waals surface area contributed by atoms with Crippen molar-refractivity contribution in [2.75, 3.05) is 13.6 Å². The Balaban J connectivity index is 2.28. The molecule has 182 valence electrons. The second-order valence-electron chi connectivity index (χ2n) is 9.25. The van der Waals surface area contributed by atoms with Gasteiger partial charge >= 0.3 is 5.97 Å². The molecule has 2 aromatic carbocycles. The van der Waals surface area contributed by atoms with Crippen LogP contribution in [0.5, 0.6) is 11.5 Å². The van der Waals surface area contributed by atoms with Crippen LogP contribution in [0, 0.1) is 5.41 Å². The molecule has 2 atom stereocenters. The van der Waals surface area contributed by atoms with Gasteiger partial charge in [-0.05, 0) is 46.4 Å². The summed E-state index contributed by atoms with van der Waals surface area (Å²) < 4.78 is 12.0. The number of likely N-dealkylation sites (N-methyl/N-ethyl adjacent to an activating group) is 1. The van der Waals surface area contributed by atoms with E-state index >= 15 is 0 Å². The molecule has 0 bridgehead atoms. The second-order valence-corrected chi connectivity index (χ2v) is 9.66. The molecule has 0 saturated heterocycles. The number of rotatable bonds is 7. The fourth-order valence-corrected chi connectivity index (χ4v) is 4.14. The average Bonchev–Trinajstić information content (AvgIpc) is 2.75. The van der Waals surface area contributed by atoms with Crippen molar-refractivity contribution in [3.8, 4) is 22.8 Å². The van der Waals surface area contributed by atoms with Gasteiger partial charge in [-0.2, -0.15) is 0 Å². The predicted molar refractivity (Wildman–Crippen MR) is 133 cm³/mol. The van der Waals surface area contributed by atoms with Crippen molar-refractivity contribution in [3.63, 3.8) is 0 Å². The highest BCUT2D eigenvalue weighted by molar-refractivity contribution is 6.33. The summed E-state index contributed by atoms with van der Waals surface area (Å²) in [6.07, 6.45) is -0.216. The summed E-state index contributed by atoms with van der Waals surface area (Å²) >= 11 is 6.32. The SMILES string of the molecule is CCC(c1c(O)cc(O)c2c(=O)cc(-c3ccccc3Cl)oc12)C(CNC)OC(=O)C(C)(C)C. The van der Waals surface area contributed by atoms with Crippen LogP contribution in [0.4, 0.5) is 0 Å². The number of carbonyl (C=O) groups is 1. The van der Waals surface area contributed by atoms with E-state index in [2.05, 4.69) is 5.32 Å². The van der Waals surface area contributed by atoms with Crippen LogP contribution < -0.4 is 10.7 Å². The second kappa shape index (κ2) is 10.1. The number of hydrogen-bond donors (Lipinski definition) is 3. The summed E-state index contributed by atoms with van der Waals surface area (Å²) in [6, 6.07) is 9.28. The highest BCUT2D eigenvalue weighted by Crippen LogP contribution is 2.42. The first kappa shape index (κ1) is 25.6. The van der Waals surface area contributed by atoms with E-state index in [0.717, 1.165) is 6.07 Å². The lowest BCUT2D eigenvalue weighted by atomic mass is 9.87. The first-order chi connectivity index (χ1) is 16.0. The lowest BCUT2D eigenvalue weighted by Gasteiger charge is -2.30. The minimum atomic E-state index is -0.729. The fourth-order valence-electron chi connectivity index (χ4n) is 3.91. The van der Waals surface area contributed by atoms with Gasteiger partial charge in [-0.3, -0.25) is 9.59 Å². The number of nitrogens with one attached hydrogen (secondary N) is 1. The van der Waals surface area contributed by atoms with E-state index < -0.39 is 34.6 Å². The maximum atomic E-state index is 13.0. The summed E-state index contributed by atoms with van der Waals surface area (Å²) in [4.78, 5) is 25.7. The van der Waals surface area contributed by atoms with E-state index in [1.54, 1.807) is 52.1 Å². The van der Waals surface area contributed by atoms with E-state index in [-0.39, 0.29) is 28.0 Å². The molecule has 0 aliphatic carbocycles. The molecule has 0 spiro atoms. The predicted octanol–water partition coefficient (Wildman–Crippen LogP) is 5.20. The van der Waals surface area contributed by atoms with Crippen molar-refractivity contribution in [1.29, 1.82) is 0 Å². The first-order valence-electron chi connectivity index (χ1n) is 11.1. The summed E-state index contributed by atoms with van der Waals surface area (Å²) in [5.41, 5.74) is -0.409. The summed E-state index contributed by atoms with van der Waals surface area (Å²) in [5, 5.41) is 24.7.